The normalized spacial score (nSPS) is 23.7. The number of para-hydroxylation sites is 1. The molecule has 8 rings (SSSR count). The van der Waals surface area contributed by atoms with Crippen molar-refractivity contribution in [2.24, 2.45) is 23.7 Å². The van der Waals surface area contributed by atoms with Crippen LogP contribution in [0.3, 0.4) is 0 Å². The molecule has 304 valence electrons. The Kier molecular flexibility index (Phi) is 14.0. The molecule has 4 unspecified atom stereocenters. The van der Waals surface area contributed by atoms with Crippen LogP contribution >= 0.6 is 0 Å². The van der Waals surface area contributed by atoms with E-state index in [1.54, 1.807) is 11.0 Å². The summed E-state index contributed by atoms with van der Waals surface area (Å²) in [6.45, 7) is 7.72. The van der Waals surface area contributed by atoms with Crippen molar-refractivity contribution in [3.8, 4) is 43.8 Å². The first-order valence-corrected chi connectivity index (χ1v) is 20.9. The summed E-state index contributed by atoms with van der Waals surface area (Å²) in [5.41, 5.74) is 4.78. The highest BCUT2D eigenvalue weighted by atomic mass is 16.6. The van der Waals surface area contributed by atoms with Crippen LogP contribution in [0.15, 0.2) is 48.5 Å². The fraction of sp³-hybridized carbons (Fsp3) is 0.500. The molecule has 2 saturated carbocycles. The van der Waals surface area contributed by atoms with E-state index < -0.39 is 0 Å². The third-order valence-corrected chi connectivity index (χ3v) is 13.2. The van der Waals surface area contributed by atoms with E-state index >= 15 is 0 Å². The molecule has 3 aliphatic carbocycles. The highest BCUT2D eigenvalue weighted by molar-refractivity contribution is 5.97. The number of fused-ring (bicyclic) bond motifs is 6. The van der Waals surface area contributed by atoms with E-state index in [0.717, 1.165) is 61.8 Å². The summed E-state index contributed by atoms with van der Waals surface area (Å²) in [5.74, 6) is 6.37. The Bertz CT molecular complexity index is 2010. The summed E-state index contributed by atoms with van der Waals surface area (Å²) in [6, 6.07) is 15.9. The van der Waals surface area contributed by atoms with Crippen LogP contribution in [0, 0.1) is 61.7 Å². The van der Waals surface area contributed by atoms with Crippen molar-refractivity contribution in [1.29, 1.82) is 0 Å². The molecule has 4 fully saturated rings. The fourth-order valence-corrected chi connectivity index (χ4v) is 10.3. The van der Waals surface area contributed by atoms with Gasteiger partial charge >= 0.3 is 6.09 Å². The molecule has 0 N–H and O–H groups in total. The van der Waals surface area contributed by atoms with Gasteiger partial charge in [-0.1, -0.05) is 31.2 Å². The van der Waals surface area contributed by atoms with Crippen molar-refractivity contribution in [2.75, 3.05) is 77.4 Å². The van der Waals surface area contributed by atoms with Crippen LogP contribution in [-0.4, -0.2) is 115 Å². The predicted octanol–water partition coefficient (Wildman–Crippen LogP) is 6.40. The second-order valence-corrected chi connectivity index (χ2v) is 16.2. The van der Waals surface area contributed by atoms with Gasteiger partial charge in [-0.3, -0.25) is 9.59 Å². The first-order valence-electron chi connectivity index (χ1n) is 20.9. The van der Waals surface area contributed by atoms with Gasteiger partial charge in [0.25, 0.3) is 5.91 Å². The molecule has 58 heavy (non-hydrogen) atoms. The Labute approximate surface area is 345 Å². The number of rotatable bonds is 7. The van der Waals surface area contributed by atoms with Gasteiger partial charge in [-0.05, 0) is 111 Å². The maximum absolute atomic E-state index is 13.8. The second kappa shape index (κ2) is 19.3. The Balaban J connectivity index is 0.00000138. The SMILES string of the molecule is C#C.C#C.C#CC1CCC2C1CCC1c3cc(N4CCN(C(=O)CN(CCC)C(=O)c5ccc6ccccc6n5)CC4)c(OC(=O)N4CCN(C)CC4)cc3CC[C@H]12. The maximum Gasteiger partial charge on any atom is 0.415 e. The highest BCUT2D eigenvalue weighted by Crippen LogP contribution is 2.57. The molecule has 10 nitrogen and oxygen atoms in total. The first-order chi connectivity index (χ1) is 28.3. The molecule has 0 radical (unpaired) electrons. The minimum Gasteiger partial charge on any atom is -0.408 e. The molecule has 2 aromatic carbocycles. The molecule has 0 spiro atoms. The number of amides is 3. The number of pyridine rings is 1. The van der Waals surface area contributed by atoms with Gasteiger partial charge in [0.1, 0.15) is 12.2 Å². The molecule has 5 atom stereocenters. The van der Waals surface area contributed by atoms with Crippen molar-refractivity contribution >= 4 is 34.5 Å². The quantitative estimate of drug-likeness (QED) is 0.257. The number of aryl methyl sites for hydroxylation is 1. The van der Waals surface area contributed by atoms with Crippen LogP contribution in [0.25, 0.3) is 10.9 Å². The number of terminal acetylenes is 3. The number of ether oxygens (including phenoxy) is 1. The van der Waals surface area contributed by atoms with Crippen LogP contribution in [0.1, 0.15) is 73.0 Å². The molecule has 0 bridgehead atoms. The number of aromatic nitrogens is 1. The number of anilines is 1. The van der Waals surface area contributed by atoms with E-state index in [2.05, 4.69) is 65.6 Å². The molecule has 2 saturated heterocycles. The Morgan fingerprint density at radius 1 is 0.828 bits per heavy atom. The third-order valence-electron chi connectivity index (χ3n) is 13.2. The number of hydrogen-bond donors (Lipinski definition) is 0. The lowest BCUT2D eigenvalue weighted by Gasteiger charge is -2.45. The van der Waals surface area contributed by atoms with Gasteiger partial charge < -0.3 is 29.2 Å². The van der Waals surface area contributed by atoms with E-state index in [1.807, 2.05) is 47.1 Å². The summed E-state index contributed by atoms with van der Waals surface area (Å²) in [6.07, 6.45) is 29.3. The van der Waals surface area contributed by atoms with Crippen molar-refractivity contribution in [3.05, 3.63) is 65.4 Å². The zero-order chi connectivity index (χ0) is 41.3. The maximum atomic E-state index is 13.8. The monoisotopic (exact) mass is 782 g/mol. The van der Waals surface area contributed by atoms with Crippen LogP contribution in [0.4, 0.5) is 10.5 Å². The minimum atomic E-state index is -0.292. The molecule has 1 aromatic heterocycles. The summed E-state index contributed by atoms with van der Waals surface area (Å²) in [7, 11) is 2.08. The smallest absolute Gasteiger partial charge is 0.408 e. The van der Waals surface area contributed by atoms with E-state index in [1.165, 1.54) is 24.0 Å². The lowest BCUT2D eigenvalue weighted by molar-refractivity contribution is -0.132. The van der Waals surface area contributed by atoms with Crippen LogP contribution in [-0.2, 0) is 11.2 Å². The van der Waals surface area contributed by atoms with E-state index in [-0.39, 0.29) is 24.5 Å². The topological polar surface area (TPSA) is 89.5 Å². The van der Waals surface area contributed by atoms with Gasteiger partial charge in [-0.2, -0.15) is 0 Å². The van der Waals surface area contributed by atoms with E-state index in [4.69, 9.17) is 11.2 Å². The molecule has 2 aliphatic heterocycles. The largest absolute Gasteiger partial charge is 0.415 e. The number of benzene rings is 2. The lowest BCUT2D eigenvalue weighted by atomic mass is 9.60. The van der Waals surface area contributed by atoms with Gasteiger partial charge in [-0.15, -0.1) is 38.0 Å². The average Bonchev–Trinajstić information content (AvgIpc) is 3.71. The van der Waals surface area contributed by atoms with Gasteiger partial charge in [-0.25, -0.2) is 9.78 Å². The Morgan fingerprint density at radius 3 is 2.26 bits per heavy atom. The van der Waals surface area contributed by atoms with Gasteiger partial charge in [0.2, 0.25) is 5.91 Å². The first kappa shape index (κ1) is 42.1. The van der Waals surface area contributed by atoms with Crippen molar-refractivity contribution < 1.29 is 19.1 Å². The number of nitrogens with zero attached hydrogens (tertiary/aromatic N) is 6. The summed E-state index contributed by atoms with van der Waals surface area (Å²) < 4.78 is 6.30. The third kappa shape index (κ3) is 8.81. The number of carbonyl (C=O) groups excluding carboxylic acids is 3. The molecule has 10 heteroatoms. The zero-order valence-corrected chi connectivity index (χ0v) is 34.2. The lowest BCUT2D eigenvalue weighted by Crippen LogP contribution is -2.52. The summed E-state index contributed by atoms with van der Waals surface area (Å²) >= 11 is 0. The van der Waals surface area contributed by atoms with Crippen molar-refractivity contribution in [2.45, 2.75) is 57.8 Å². The van der Waals surface area contributed by atoms with Crippen LogP contribution in [0.5, 0.6) is 5.75 Å². The highest BCUT2D eigenvalue weighted by Gasteiger charge is 2.47. The van der Waals surface area contributed by atoms with Crippen LogP contribution in [0.2, 0.25) is 0 Å². The summed E-state index contributed by atoms with van der Waals surface area (Å²) in [5, 5.41) is 0.973. The number of likely N-dealkylation sites (N-methyl/N-ethyl adjacent to an activating group) is 1. The molecular formula is C48H58N6O4. The molecule has 3 heterocycles. The second-order valence-electron chi connectivity index (χ2n) is 16.2. The summed E-state index contributed by atoms with van der Waals surface area (Å²) in [4.78, 5) is 55.4. The standard InChI is InChI=1S/C44H54N6O4.2C2H2/c1-4-18-50(43(52)39-17-12-31-8-6-7-9-38(31)45-39)29-42(51)48-25-23-47(24-26-48)40-28-37-32(27-41(40)54-44(53)49-21-19-46(3)20-22-49)11-14-35-34-13-10-30(5-2)33(34)15-16-36(35)37;2*1-2/h2,6-9,12,17,27-28,30,33-36H,4,10-11,13-16,18-26,29H2,1,3H3;2*1-2H/t30?,33?,34?,35-,36?;;/m0../s1. The number of carbonyl (C=O) groups is 3. The predicted molar refractivity (Wildman–Crippen MR) is 230 cm³/mol. The number of piperazine rings is 2. The zero-order valence-electron chi connectivity index (χ0n) is 34.2. The minimum absolute atomic E-state index is 0.0136. The van der Waals surface area contributed by atoms with Gasteiger partial charge in [0.05, 0.1) is 11.2 Å². The Hall–Kier alpha value is -5.50. The van der Waals surface area contributed by atoms with Crippen molar-refractivity contribution in [1.82, 2.24) is 24.6 Å². The van der Waals surface area contributed by atoms with Crippen LogP contribution < -0.4 is 9.64 Å². The van der Waals surface area contributed by atoms with Gasteiger partial charge in [0, 0.05) is 70.2 Å². The Morgan fingerprint density at radius 2 is 1.53 bits per heavy atom. The molecule has 3 amide bonds. The fourth-order valence-electron chi connectivity index (χ4n) is 10.3. The number of hydrogen-bond acceptors (Lipinski definition) is 7. The van der Waals surface area contributed by atoms with E-state index in [0.29, 0.717) is 86.8 Å². The molecule has 5 aliphatic rings. The van der Waals surface area contributed by atoms with Crippen molar-refractivity contribution in [3.63, 3.8) is 0 Å². The average molecular weight is 783 g/mol. The van der Waals surface area contributed by atoms with E-state index in [9.17, 15) is 14.4 Å². The molecule has 3 aromatic rings. The van der Waals surface area contributed by atoms with Gasteiger partial charge in [0.15, 0.2) is 5.75 Å². The molecular weight excluding hydrogens is 725 g/mol.